The number of esters is 1. The van der Waals surface area contributed by atoms with E-state index in [4.69, 9.17) is 5.11 Å². The highest BCUT2D eigenvalue weighted by Crippen LogP contribution is 2.17. The molecule has 0 aliphatic rings. The molecule has 1 rings (SSSR count). The third-order valence-electron chi connectivity index (χ3n) is 2.69. The van der Waals surface area contributed by atoms with Crippen LogP contribution < -0.4 is 5.32 Å². The van der Waals surface area contributed by atoms with E-state index in [1.54, 1.807) is 0 Å². The zero-order valence-corrected chi connectivity index (χ0v) is 12.1. The Labute approximate surface area is 116 Å². The van der Waals surface area contributed by atoms with Crippen molar-refractivity contribution in [2.45, 2.75) is 32.9 Å². The van der Waals surface area contributed by atoms with Crippen LogP contribution in [0.1, 0.15) is 23.6 Å². The second-order valence-corrected chi connectivity index (χ2v) is 5.81. The summed E-state index contributed by atoms with van der Waals surface area (Å²) in [5.74, 6) is -1.10. The van der Waals surface area contributed by atoms with Gasteiger partial charge in [-0.15, -0.1) is 11.3 Å². The van der Waals surface area contributed by atoms with Gasteiger partial charge in [0, 0.05) is 16.3 Å². The monoisotopic (exact) mass is 285 g/mol. The van der Waals surface area contributed by atoms with Crippen molar-refractivity contribution in [3.63, 3.8) is 0 Å². The predicted molar refractivity (Wildman–Crippen MR) is 73.1 cm³/mol. The molecule has 0 fully saturated rings. The summed E-state index contributed by atoms with van der Waals surface area (Å²) in [5, 5.41) is 12.1. The first-order chi connectivity index (χ1) is 8.93. The number of ether oxygens (including phenoxy) is 1. The molecule has 0 aromatic carbocycles. The van der Waals surface area contributed by atoms with Crippen LogP contribution in [0.3, 0.4) is 0 Å². The zero-order chi connectivity index (χ0) is 14.4. The van der Waals surface area contributed by atoms with Crippen molar-refractivity contribution in [2.24, 2.45) is 5.92 Å². The summed E-state index contributed by atoms with van der Waals surface area (Å²) in [5.41, 5.74) is 0. The molecule has 0 aliphatic heterocycles. The van der Waals surface area contributed by atoms with E-state index in [0.29, 0.717) is 6.54 Å². The molecular weight excluding hydrogens is 266 g/mol. The van der Waals surface area contributed by atoms with Gasteiger partial charge in [-0.05, 0) is 18.1 Å². The number of rotatable bonds is 7. The first-order valence-electron chi connectivity index (χ1n) is 6.04. The molecule has 1 heterocycles. The highest BCUT2D eigenvalue weighted by molar-refractivity contribution is 7.12. The number of thiophene rings is 1. The minimum absolute atomic E-state index is 0.0204. The number of hydrogen-bond acceptors (Lipinski definition) is 5. The van der Waals surface area contributed by atoms with Gasteiger partial charge >= 0.3 is 11.9 Å². The fourth-order valence-electron chi connectivity index (χ4n) is 1.65. The third-order valence-corrected chi connectivity index (χ3v) is 3.78. The summed E-state index contributed by atoms with van der Waals surface area (Å²) >= 11 is 1.49. The van der Waals surface area contributed by atoms with Gasteiger partial charge < -0.3 is 9.84 Å². The van der Waals surface area contributed by atoms with E-state index < -0.39 is 12.0 Å². The third kappa shape index (κ3) is 5.00. The summed E-state index contributed by atoms with van der Waals surface area (Å²) in [4.78, 5) is 24.1. The van der Waals surface area contributed by atoms with Gasteiger partial charge in [-0.1, -0.05) is 13.8 Å². The number of carbonyl (C=O) groups is 2. The van der Waals surface area contributed by atoms with Crippen molar-refractivity contribution in [3.8, 4) is 0 Å². The van der Waals surface area contributed by atoms with Crippen molar-refractivity contribution in [2.75, 3.05) is 7.11 Å². The Morgan fingerprint density at radius 1 is 1.37 bits per heavy atom. The standard InChI is InChI=1S/C13H19NO4S/c1-8(2)12(13(16)17)14-7-10-5-4-9(19-10)6-11(15)18-3/h4-5,8,12,14H,6-7H2,1-3H3,(H,16,17). The second kappa shape index (κ2) is 7.25. The van der Waals surface area contributed by atoms with Crippen LogP contribution in [-0.2, 0) is 27.3 Å². The SMILES string of the molecule is COC(=O)Cc1ccc(CNC(C(=O)O)C(C)C)s1. The molecule has 106 valence electrons. The summed E-state index contributed by atoms with van der Waals surface area (Å²) < 4.78 is 4.60. The first-order valence-corrected chi connectivity index (χ1v) is 6.86. The summed E-state index contributed by atoms with van der Waals surface area (Å²) in [6, 6.07) is 3.20. The van der Waals surface area contributed by atoms with Gasteiger partial charge in [0.05, 0.1) is 13.5 Å². The predicted octanol–water partition coefficient (Wildman–Crippen LogP) is 1.66. The van der Waals surface area contributed by atoms with Gasteiger partial charge in [0.25, 0.3) is 0 Å². The highest BCUT2D eigenvalue weighted by Gasteiger charge is 2.20. The van der Waals surface area contributed by atoms with Crippen LogP contribution >= 0.6 is 11.3 Å². The van der Waals surface area contributed by atoms with Crippen LogP contribution in [-0.4, -0.2) is 30.2 Å². The largest absolute Gasteiger partial charge is 0.480 e. The zero-order valence-electron chi connectivity index (χ0n) is 11.3. The molecule has 1 aromatic heterocycles. The first kappa shape index (κ1) is 15.7. The van der Waals surface area contributed by atoms with E-state index in [1.807, 2.05) is 26.0 Å². The van der Waals surface area contributed by atoms with Crippen molar-refractivity contribution < 1.29 is 19.4 Å². The minimum Gasteiger partial charge on any atom is -0.480 e. The molecule has 5 nitrogen and oxygen atoms in total. The molecule has 0 bridgehead atoms. The lowest BCUT2D eigenvalue weighted by Gasteiger charge is -2.17. The van der Waals surface area contributed by atoms with Crippen LogP contribution in [0.15, 0.2) is 12.1 Å². The summed E-state index contributed by atoms with van der Waals surface area (Å²) in [6.45, 7) is 4.22. The minimum atomic E-state index is -0.846. The lowest BCUT2D eigenvalue weighted by molar-refractivity contribution is -0.141. The molecule has 0 saturated carbocycles. The maximum Gasteiger partial charge on any atom is 0.320 e. The van der Waals surface area contributed by atoms with Crippen molar-refractivity contribution in [1.82, 2.24) is 5.32 Å². The lowest BCUT2D eigenvalue weighted by atomic mass is 10.1. The molecule has 6 heteroatoms. The summed E-state index contributed by atoms with van der Waals surface area (Å²) in [7, 11) is 1.36. The Bertz CT molecular complexity index is 442. The van der Waals surface area contributed by atoms with Crippen LogP contribution in [0.2, 0.25) is 0 Å². The molecule has 0 spiro atoms. The Hall–Kier alpha value is -1.40. The van der Waals surface area contributed by atoms with E-state index in [0.717, 1.165) is 9.75 Å². The van der Waals surface area contributed by atoms with Crippen molar-refractivity contribution >= 4 is 23.3 Å². The van der Waals surface area contributed by atoms with Crippen LogP contribution in [0.5, 0.6) is 0 Å². The summed E-state index contributed by atoms with van der Waals surface area (Å²) in [6.07, 6.45) is 0.258. The van der Waals surface area contributed by atoms with Crippen LogP contribution in [0, 0.1) is 5.92 Å². The van der Waals surface area contributed by atoms with E-state index >= 15 is 0 Å². The quantitative estimate of drug-likeness (QED) is 0.745. The lowest BCUT2D eigenvalue weighted by Crippen LogP contribution is -2.40. The van der Waals surface area contributed by atoms with E-state index in [2.05, 4.69) is 10.1 Å². The Morgan fingerprint density at radius 2 is 2.00 bits per heavy atom. The number of hydrogen-bond donors (Lipinski definition) is 2. The molecule has 0 radical (unpaired) electrons. The fraction of sp³-hybridized carbons (Fsp3) is 0.538. The van der Waals surface area contributed by atoms with Gasteiger partial charge in [-0.2, -0.15) is 0 Å². The molecule has 0 saturated heterocycles. The number of nitrogens with one attached hydrogen (secondary N) is 1. The fourth-order valence-corrected chi connectivity index (χ4v) is 2.60. The van der Waals surface area contributed by atoms with Crippen LogP contribution in [0.25, 0.3) is 0 Å². The number of methoxy groups -OCH3 is 1. The molecular formula is C13H19NO4S. The van der Waals surface area contributed by atoms with Crippen molar-refractivity contribution in [3.05, 3.63) is 21.9 Å². The number of carbonyl (C=O) groups excluding carboxylic acids is 1. The molecule has 1 unspecified atom stereocenters. The number of carboxylic acid groups (broad SMARTS) is 1. The molecule has 0 aliphatic carbocycles. The Kier molecular flexibility index (Phi) is 5.98. The highest BCUT2D eigenvalue weighted by atomic mass is 32.1. The van der Waals surface area contributed by atoms with Gasteiger partial charge in [0.2, 0.25) is 0 Å². The Morgan fingerprint density at radius 3 is 2.53 bits per heavy atom. The molecule has 0 amide bonds. The normalized spacial score (nSPS) is 12.4. The molecule has 1 aromatic rings. The van der Waals surface area contributed by atoms with Crippen LogP contribution in [0.4, 0.5) is 0 Å². The van der Waals surface area contributed by atoms with Gasteiger partial charge in [0.15, 0.2) is 0 Å². The van der Waals surface area contributed by atoms with Crippen molar-refractivity contribution in [1.29, 1.82) is 0 Å². The van der Waals surface area contributed by atoms with E-state index in [9.17, 15) is 9.59 Å². The maximum atomic E-state index is 11.1. The second-order valence-electron chi connectivity index (χ2n) is 4.56. The smallest absolute Gasteiger partial charge is 0.320 e. The number of carboxylic acids is 1. The van der Waals surface area contributed by atoms with Gasteiger partial charge in [0.1, 0.15) is 6.04 Å². The Balaban J connectivity index is 2.54. The maximum absolute atomic E-state index is 11.1. The molecule has 1 atom stereocenters. The number of aliphatic carboxylic acids is 1. The average Bonchev–Trinajstić information content (AvgIpc) is 2.76. The average molecular weight is 285 g/mol. The molecule has 2 N–H and O–H groups in total. The van der Waals surface area contributed by atoms with E-state index in [-0.39, 0.29) is 18.3 Å². The van der Waals surface area contributed by atoms with Gasteiger partial charge in [-0.3, -0.25) is 14.9 Å². The van der Waals surface area contributed by atoms with E-state index in [1.165, 1.54) is 18.4 Å². The topological polar surface area (TPSA) is 75.6 Å². The van der Waals surface area contributed by atoms with Gasteiger partial charge in [-0.25, -0.2) is 0 Å². The molecule has 19 heavy (non-hydrogen) atoms.